The Kier molecular flexibility index (Phi) is 4.65. The van der Waals surface area contributed by atoms with E-state index in [1.807, 2.05) is 27.1 Å². The first-order valence-corrected chi connectivity index (χ1v) is 7.27. The third-order valence-electron chi connectivity index (χ3n) is 4.36. The Morgan fingerprint density at radius 1 is 1.30 bits per heavy atom. The maximum Gasteiger partial charge on any atom is 0.257 e. The molecular formula is C16H24N2O2. The lowest BCUT2D eigenvalue weighted by Crippen LogP contribution is -2.42. The number of hydrogen-bond acceptors (Lipinski definition) is 3. The van der Waals surface area contributed by atoms with Crippen molar-refractivity contribution in [2.24, 2.45) is 0 Å². The predicted molar refractivity (Wildman–Crippen MR) is 80.0 cm³/mol. The first-order chi connectivity index (χ1) is 9.52. The molecule has 4 heteroatoms. The van der Waals surface area contributed by atoms with E-state index in [9.17, 15) is 9.90 Å². The summed E-state index contributed by atoms with van der Waals surface area (Å²) in [7, 11) is 3.83. The minimum Gasteiger partial charge on any atom is -0.507 e. The van der Waals surface area contributed by atoms with Gasteiger partial charge in [0.25, 0.3) is 5.91 Å². The number of rotatable bonds is 3. The smallest absolute Gasteiger partial charge is 0.257 e. The number of aromatic hydroxyl groups is 1. The molecular weight excluding hydrogens is 252 g/mol. The maximum atomic E-state index is 12.5. The molecule has 0 heterocycles. The van der Waals surface area contributed by atoms with Gasteiger partial charge in [0.1, 0.15) is 5.75 Å². The van der Waals surface area contributed by atoms with Gasteiger partial charge in [-0.15, -0.1) is 0 Å². The second kappa shape index (κ2) is 6.27. The third-order valence-corrected chi connectivity index (χ3v) is 4.36. The molecule has 0 bridgehead atoms. The predicted octanol–water partition coefficient (Wildman–Crippen LogP) is 2.30. The maximum absolute atomic E-state index is 12.5. The van der Waals surface area contributed by atoms with E-state index in [1.54, 1.807) is 17.0 Å². The SMILES string of the molecule is CNC1CCC(N(C)C(=O)c2ccc(C)cc2O)CC1. The van der Waals surface area contributed by atoms with Gasteiger partial charge >= 0.3 is 0 Å². The van der Waals surface area contributed by atoms with Crippen LogP contribution in [0.2, 0.25) is 0 Å². The number of phenols is 1. The van der Waals surface area contributed by atoms with Crippen LogP contribution >= 0.6 is 0 Å². The molecule has 2 rings (SSSR count). The fourth-order valence-electron chi connectivity index (χ4n) is 2.93. The molecule has 0 unspecified atom stereocenters. The standard InChI is InChI=1S/C16H24N2O2/c1-11-4-9-14(15(19)10-11)16(20)18(3)13-7-5-12(17-2)6-8-13/h4,9-10,12-13,17,19H,5-8H2,1-3H3. The summed E-state index contributed by atoms with van der Waals surface area (Å²) in [6.45, 7) is 1.90. The number of benzene rings is 1. The Morgan fingerprint density at radius 3 is 2.50 bits per heavy atom. The van der Waals surface area contributed by atoms with Gasteiger partial charge in [-0.05, 0) is 57.4 Å². The highest BCUT2D eigenvalue weighted by molar-refractivity contribution is 5.96. The van der Waals surface area contributed by atoms with E-state index >= 15 is 0 Å². The zero-order valence-electron chi connectivity index (χ0n) is 12.5. The van der Waals surface area contributed by atoms with Crippen LogP contribution in [0.3, 0.4) is 0 Å². The second-order valence-corrected chi connectivity index (χ2v) is 5.73. The van der Waals surface area contributed by atoms with Crippen molar-refractivity contribution >= 4 is 5.91 Å². The van der Waals surface area contributed by atoms with Crippen LogP contribution in [0.1, 0.15) is 41.6 Å². The molecule has 0 aromatic heterocycles. The fourth-order valence-corrected chi connectivity index (χ4v) is 2.93. The fraction of sp³-hybridized carbons (Fsp3) is 0.562. The molecule has 1 aromatic rings. The third kappa shape index (κ3) is 3.12. The molecule has 2 N–H and O–H groups in total. The van der Waals surface area contributed by atoms with E-state index in [-0.39, 0.29) is 17.7 Å². The Labute approximate surface area is 120 Å². The highest BCUT2D eigenvalue weighted by Crippen LogP contribution is 2.26. The Balaban J connectivity index is 2.05. The first-order valence-electron chi connectivity index (χ1n) is 7.27. The van der Waals surface area contributed by atoms with Gasteiger partial charge in [-0.2, -0.15) is 0 Å². The molecule has 0 radical (unpaired) electrons. The van der Waals surface area contributed by atoms with Crippen molar-refractivity contribution in [1.29, 1.82) is 0 Å². The van der Waals surface area contributed by atoms with E-state index in [0.717, 1.165) is 31.2 Å². The normalized spacial score (nSPS) is 22.6. The van der Waals surface area contributed by atoms with Crippen molar-refractivity contribution in [2.45, 2.75) is 44.7 Å². The first kappa shape index (κ1) is 14.9. The minimum atomic E-state index is -0.0876. The van der Waals surface area contributed by atoms with Gasteiger partial charge < -0.3 is 15.3 Å². The number of aryl methyl sites for hydroxylation is 1. The van der Waals surface area contributed by atoms with Gasteiger partial charge in [0.15, 0.2) is 0 Å². The van der Waals surface area contributed by atoms with Crippen molar-refractivity contribution in [3.05, 3.63) is 29.3 Å². The van der Waals surface area contributed by atoms with E-state index in [0.29, 0.717) is 11.6 Å². The average molecular weight is 276 g/mol. The molecule has 1 saturated carbocycles. The molecule has 1 aliphatic carbocycles. The van der Waals surface area contributed by atoms with Crippen LogP contribution < -0.4 is 5.32 Å². The highest BCUT2D eigenvalue weighted by atomic mass is 16.3. The lowest BCUT2D eigenvalue weighted by atomic mass is 9.90. The summed E-state index contributed by atoms with van der Waals surface area (Å²) in [5.41, 5.74) is 1.35. The minimum absolute atomic E-state index is 0.0748. The molecule has 0 spiro atoms. The number of phenolic OH excluding ortho intramolecular Hbond substituents is 1. The van der Waals surface area contributed by atoms with Crippen LogP contribution in [0.4, 0.5) is 0 Å². The number of carbonyl (C=O) groups excluding carboxylic acids is 1. The summed E-state index contributed by atoms with van der Waals surface area (Å²) < 4.78 is 0. The molecule has 4 nitrogen and oxygen atoms in total. The van der Waals surface area contributed by atoms with Crippen molar-refractivity contribution in [1.82, 2.24) is 10.2 Å². The van der Waals surface area contributed by atoms with Crippen molar-refractivity contribution in [2.75, 3.05) is 14.1 Å². The Bertz CT molecular complexity index is 479. The van der Waals surface area contributed by atoms with Crippen LogP contribution in [0.5, 0.6) is 5.75 Å². The number of carbonyl (C=O) groups is 1. The molecule has 110 valence electrons. The van der Waals surface area contributed by atoms with Crippen LogP contribution in [0.15, 0.2) is 18.2 Å². The lowest BCUT2D eigenvalue weighted by molar-refractivity contribution is 0.0682. The highest BCUT2D eigenvalue weighted by Gasteiger charge is 2.27. The lowest BCUT2D eigenvalue weighted by Gasteiger charge is -2.34. The second-order valence-electron chi connectivity index (χ2n) is 5.73. The van der Waals surface area contributed by atoms with E-state index in [2.05, 4.69) is 5.32 Å². The summed E-state index contributed by atoms with van der Waals surface area (Å²) in [5.74, 6) is -0.0128. The van der Waals surface area contributed by atoms with Gasteiger partial charge in [-0.1, -0.05) is 6.07 Å². The van der Waals surface area contributed by atoms with Crippen LogP contribution in [0.25, 0.3) is 0 Å². The van der Waals surface area contributed by atoms with Gasteiger partial charge in [-0.3, -0.25) is 4.79 Å². The van der Waals surface area contributed by atoms with Crippen molar-refractivity contribution in [3.8, 4) is 5.75 Å². The summed E-state index contributed by atoms with van der Waals surface area (Å²) in [6.07, 6.45) is 4.22. The number of hydrogen-bond donors (Lipinski definition) is 2. The molecule has 20 heavy (non-hydrogen) atoms. The van der Waals surface area contributed by atoms with Crippen LogP contribution in [0, 0.1) is 6.92 Å². The molecule has 1 aliphatic rings. The zero-order valence-corrected chi connectivity index (χ0v) is 12.5. The topological polar surface area (TPSA) is 52.6 Å². The van der Waals surface area contributed by atoms with Crippen LogP contribution in [-0.2, 0) is 0 Å². The zero-order chi connectivity index (χ0) is 14.7. The van der Waals surface area contributed by atoms with Crippen molar-refractivity contribution < 1.29 is 9.90 Å². The number of amides is 1. The summed E-state index contributed by atoms with van der Waals surface area (Å²) in [5, 5.41) is 13.2. The molecule has 0 saturated heterocycles. The Hall–Kier alpha value is -1.55. The molecule has 1 amide bonds. The van der Waals surface area contributed by atoms with Gasteiger partial charge in [-0.25, -0.2) is 0 Å². The van der Waals surface area contributed by atoms with Gasteiger partial charge in [0.05, 0.1) is 5.56 Å². The average Bonchev–Trinajstić information content (AvgIpc) is 2.46. The summed E-state index contributed by atoms with van der Waals surface area (Å²) in [4.78, 5) is 14.3. The number of nitrogens with zero attached hydrogens (tertiary/aromatic N) is 1. The molecule has 0 atom stereocenters. The summed E-state index contributed by atoms with van der Waals surface area (Å²) >= 11 is 0. The van der Waals surface area contributed by atoms with E-state index in [1.165, 1.54) is 0 Å². The summed E-state index contributed by atoms with van der Waals surface area (Å²) in [6, 6.07) is 6.05. The Morgan fingerprint density at radius 2 is 1.95 bits per heavy atom. The van der Waals surface area contributed by atoms with E-state index < -0.39 is 0 Å². The molecule has 0 aliphatic heterocycles. The molecule has 1 aromatic carbocycles. The van der Waals surface area contributed by atoms with Crippen LogP contribution in [-0.4, -0.2) is 42.1 Å². The van der Waals surface area contributed by atoms with Gasteiger partial charge in [0.2, 0.25) is 0 Å². The number of nitrogens with one attached hydrogen (secondary N) is 1. The monoisotopic (exact) mass is 276 g/mol. The van der Waals surface area contributed by atoms with E-state index in [4.69, 9.17) is 0 Å². The van der Waals surface area contributed by atoms with Gasteiger partial charge in [0, 0.05) is 19.1 Å². The molecule has 1 fully saturated rings. The largest absolute Gasteiger partial charge is 0.507 e. The quantitative estimate of drug-likeness (QED) is 0.890. The van der Waals surface area contributed by atoms with Crippen molar-refractivity contribution in [3.63, 3.8) is 0 Å².